The topological polar surface area (TPSA) is 81.4 Å². The van der Waals surface area contributed by atoms with Gasteiger partial charge in [0.2, 0.25) is 0 Å². The Kier molecular flexibility index (Phi) is 4.93. The van der Waals surface area contributed by atoms with E-state index in [9.17, 15) is 9.59 Å². The van der Waals surface area contributed by atoms with Gasteiger partial charge in [0.15, 0.2) is 0 Å². The summed E-state index contributed by atoms with van der Waals surface area (Å²) in [5.41, 5.74) is 1.70. The number of esters is 1. The molecule has 1 amide bonds. The minimum Gasteiger partial charge on any atom is -0.462 e. The van der Waals surface area contributed by atoms with Crippen LogP contribution in [0, 0.1) is 6.92 Å². The Labute approximate surface area is 128 Å². The van der Waals surface area contributed by atoms with Gasteiger partial charge >= 0.3 is 5.97 Å². The second-order valence-electron chi connectivity index (χ2n) is 4.63. The fourth-order valence-electron chi connectivity index (χ4n) is 2.11. The molecular formula is C16H18N2O4. The number of hydrogen-bond donors (Lipinski definition) is 1. The summed E-state index contributed by atoms with van der Waals surface area (Å²) in [6, 6.07) is 6.71. The van der Waals surface area contributed by atoms with E-state index in [0.717, 1.165) is 0 Å². The lowest BCUT2D eigenvalue weighted by molar-refractivity contribution is 0.0527. The van der Waals surface area contributed by atoms with E-state index in [0.29, 0.717) is 34.7 Å². The number of hydrogen-bond acceptors (Lipinski definition) is 5. The van der Waals surface area contributed by atoms with E-state index in [2.05, 4.69) is 10.5 Å². The number of rotatable bonds is 5. The Bertz CT molecular complexity index is 691. The molecule has 0 spiro atoms. The van der Waals surface area contributed by atoms with Crippen LogP contribution in [-0.2, 0) is 11.2 Å². The molecule has 1 aromatic carbocycles. The molecule has 0 aliphatic heterocycles. The van der Waals surface area contributed by atoms with Gasteiger partial charge in [-0.25, -0.2) is 4.79 Å². The van der Waals surface area contributed by atoms with Gasteiger partial charge in [-0.15, -0.1) is 0 Å². The highest BCUT2D eigenvalue weighted by molar-refractivity contribution is 6.09. The number of carbonyl (C=O) groups excluding carboxylic acids is 2. The van der Waals surface area contributed by atoms with Gasteiger partial charge in [-0.05, 0) is 32.4 Å². The zero-order valence-electron chi connectivity index (χ0n) is 12.8. The predicted molar refractivity (Wildman–Crippen MR) is 81.0 cm³/mol. The quantitative estimate of drug-likeness (QED) is 0.859. The number of benzene rings is 1. The van der Waals surface area contributed by atoms with Gasteiger partial charge in [0.05, 0.1) is 23.6 Å². The maximum atomic E-state index is 12.4. The molecule has 0 aliphatic rings. The number of ether oxygens (including phenoxy) is 1. The van der Waals surface area contributed by atoms with Gasteiger partial charge in [-0.2, -0.15) is 0 Å². The number of aromatic nitrogens is 1. The number of nitrogens with zero attached hydrogens (tertiary/aromatic N) is 1. The molecule has 0 radical (unpaired) electrons. The molecule has 2 aromatic rings. The molecule has 0 aliphatic carbocycles. The lowest BCUT2D eigenvalue weighted by Gasteiger charge is -2.10. The third kappa shape index (κ3) is 3.16. The lowest BCUT2D eigenvalue weighted by atomic mass is 10.1. The van der Waals surface area contributed by atoms with Crippen LogP contribution >= 0.6 is 0 Å². The number of carbonyl (C=O) groups is 2. The van der Waals surface area contributed by atoms with Crippen LogP contribution in [0.3, 0.4) is 0 Å². The molecule has 22 heavy (non-hydrogen) atoms. The highest BCUT2D eigenvalue weighted by Crippen LogP contribution is 2.20. The Morgan fingerprint density at radius 1 is 1.27 bits per heavy atom. The van der Waals surface area contributed by atoms with Crippen molar-refractivity contribution in [3.63, 3.8) is 0 Å². The molecular weight excluding hydrogens is 284 g/mol. The molecule has 0 unspecified atom stereocenters. The van der Waals surface area contributed by atoms with Gasteiger partial charge < -0.3 is 14.6 Å². The van der Waals surface area contributed by atoms with Gasteiger partial charge in [0.1, 0.15) is 11.3 Å². The molecule has 1 heterocycles. The van der Waals surface area contributed by atoms with Gasteiger partial charge in [0.25, 0.3) is 5.91 Å². The summed E-state index contributed by atoms with van der Waals surface area (Å²) in [6.45, 7) is 5.57. The first-order chi connectivity index (χ1) is 10.6. The van der Waals surface area contributed by atoms with E-state index in [1.54, 1.807) is 38.1 Å². The third-order valence-corrected chi connectivity index (χ3v) is 3.17. The van der Waals surface area contributed by atoms with E-state index in [-0.39, 0.29) is 12.5 Å². The first-order valence-corrected chi connectivity index (χ1v) is 7.11. The molecule has 1 aromatic heterocycles. The van der Waals surface area contributed by atoms with Crippen LogP contribution < -0.4 is 5.32 Å². The fourth-order valence-corrected chi connectivity index (χ4v) is 2.11. The van der Waals surface area contributed by atoms with E-state index in [1.807, 2.05) is 6.92 Å². The minimum absolute atomic E-state index is 0.270. The van der Waals surface area contributed by atoms with E-state index in [1.165, 1.54) is 0 Å². The van der Waals surface area contributed by atoms with Crippen LogP contribution in [0.1, 0.15) is 46.0 Å². The Balaban J connectivity index is 2.29. The van der Waals surface area contributed by atoms with E-state index < -0.39 is 5.97 Å². The van der Waals surface area contributed by atoms with Crippen LogP contribution in [0.25, 0.3) is 0 Å². The van der Waals surface area contributed by atoms with Gasteiger partial charge in [-0.1, -0.05) is 24.2 Å². The van der Waals surface area contributed by atoms with Crippen molar-refractivity contribution in [3.05, 3.63) is 46.8 Å². The Morgan fingerprint density at radius 2 is 2.00 bits per heavy atom. The lowest BCUT2D eigenvalue weighted by Crippen LogP contribution is -2.17. The van der Waals surface area contributed by atoms with Crippen LogP contribution in [0.15, 0.2) is 28.8 Å². The number of aryl methyl sites for hydroxylation is 2. The van der Waals surface area contributed by atoms with E-state index in [4.69, 9.17) is 9.26 Å². The second kappa shape index (κ2) is 6.89. The molecule has 1 N–H and O–H groups in total. The maximum Gasteiger partial charge on any atom is 0.340 e. The SMILES string of the molecule is CCOC(=O)c1ccccc1NC(=O)c1c(CC)noc1C. The van der Waals surface area contributed by atoms with Crippen LogP contribution in [0.5, 0.6) is 0 Å². The first kappa shape index (κ1) is 15.8. The minimum atomic E-state index is -0.476. The summed E-state index contributed by atoms with van der Waals surface area (Å²) in [5.74, 6) is -0.383. The molecule has 0 saturated carbocycles. The Hall–Kier alpha value is -2.63. The van der Waals surface area contributed by atoms with Gasteiger partial charge in [-0.3, -0.25) is 4.79 Å². The van der Waals surface area contributed by atoms with Crippen LogP contribution in [-0.4, -0.2) is 23.6 Å². The fraction of sp³-hybridized carbons (Fsp3) is 0.312. The van der Waals surface area contributed by atoms with Crippen LogP contribution in [0.2, 0.25) is 0 Å². The molecule has 0 atom stereocenters. The standard InChI is InChI=1S/C16H18N2O4/c1-4-12-14(10(3)22-18-12)15(19)17-13-9-7-6-8-11(13)16(20)21-5-2/h6-9H,4-5H2,1-3H3,(H,17,19). The molecule has 0 bridgehead atoms. The number of amides is 1. The molecule has 2 rings (SSSR count). The zero-order chi connectivity index (χ0) is 16.1. The zero-order valence-corrected chi connectivity index (χ0v) is 12.8. The molecule has 6 heteroatoms. The molecule has 116 valence electrons. The number of anilines is 1. The molecule has 0 saturated heterocycles. The van der Waals surface area contributed by atoms with Crippen molar-refractivity contribution in [2.75, 3.05) is 11.9 Å². The summed E-state index contributed by atoms with van der Waals surface area (Å²) in [6.07, 6.45) is 0.583. The highest BCUT2D eigenvalue weighted by Gasteiger charge is 2.21. The van der Waals surface area contributed by atoms with Crippen molar-refractivity contribution < 1.29 is 18.8 Å². The predicted octanol–water partition coefficient (Wildman–Crippen LogP) is 2.97. The summed E-state index contributed by atoms with van der Waals surface area (Å²) in [5, 5.41) is 6.58. The molecule has 0 fully saturated rings. The smallest absolute Gasteiger partial charge is 0.340 e. The molecule has 6 nitrogen and oxygen atoms in total. The summed E-state index contributed by atoms with van der Waals surface area (Å²) >= 11 is 0. The van der Waals surface area contributed by atoms with Crippen molar-refractivity contribution in [2.45, 2.75) is 27.2 Å². The van der Waals surface area contributed by atoms with Crippen molar-refractivity contribution in [3.8, 4) is 0 Å². The van der Waals surface area contributed by atoms with Gasteiger partial charge in [0, 0.05) is 0 Å². The monoisotopic (exact) mass is 302 g/mol. The van der Waals surface area contributed by atoms with Crippen molar-refractivity contribution in [2.24, 2.45) is 0 Å². The Morgan fingerprint density at radius 3 is 2.68 bits per heavy atom. The third-order valence-electron chi connectivity index (χ3n) is 3.17. The number of nitrogens with one attached hydrogen (secondary N) is 1. The van der Waals surface area contributed by atoms with Crippen molar-refractivity contribution >= 4 is 17.6 Å². The summed E-state index contributed by atoms with van der Waals surface area (Å²) in [4.78, 5) is 24.4. The normalized spacial score (nSPS) is 10.3. The average molecular weight is 302 g/mol. The first-order valence-electron chi connectivity index (χ1n) is 7.11. The largest absolute Gasteiger partial charge is 0.462 e. The van der Waals surface area contributed by atoms with Crippen molar-refractivity contribution in [1.82, 2.24) is 5.16 Å². The maximum absolute atomic E-state index is 12.4. The van der Waals surface area contributed by atoms with E-state index >= 15 is 0 Å². The summed E-state index contributed by atoms with van der Waals surface area (Å²) in [7, 11) is 0. The average Bonchev–Trinajstić information content (AvgIpc) is 2.89. The van der Waals surface area contributed by atoms with Crippen molar-refractivity contribution in [1.29, 1.82) is 0 Å². The number of para-hydroxylation sites is 1. The summed E-state index contributed by atoms with van der Waals surface area (Å²) < 4.78 is 10.0. The highest BCUT2D eigenvalue weighted by atomic mass is 16.5. The second-order valence-corrected chi connectivity index (χ2v) is 4.63. The van der Waals surface area contributed by atoms with Crippen LogP contribution in [0.4, 0.5) is 5.69 Å².